The van der Waals surface area contributed by atoms with Crippen molar-refractivity contribution in [1.29, 1.82) is 0 Å². The molecule has 1 amide bonds. The van der Waals surface area contributed by atoms with E-state index < -0.39 is 0 Å². The van der Waals surface area contributed by atoms with Crippen molar-refractivity contribution in [3.8, 4) is 0 Å². The maximum atomic E-state index is 11.9. The minimum Gasteiger partial charge on any atom is -0.395 e. The van der Waals surface area contributed by atoms with Crippen molar-refractivity contribution < 1.29 is 9.53 Å². The molecule has 90 valence electrons. The third-order valence-electron chi connectivity index (χ3n) is 2.28. The molecule has 1 aromatic heterocycles. The van der Waals surface area contributed by atoms with Crippen LogP contribution in [0.3, 0.4) is 0 Å². The fourth-order valence-electron chi connectivity index (χ4n) is 1.53. The van der Waals surface area contributed by atoms with Gasteiger partial charge in [0, 0.05) is 20.2 Å². The standard InChI is InChI=1S/C10H18N4O2/c1-6(5-16-4)12-10(15)9-8(11)7(2)13-14(9)3/h6H,5,11H2,1-4H3,(H,12,15). The lowest BCUT2D eigenvalue weighted by Crippen LogP contribution is -2.36. The Morgan fingerprint density at radius 2 is 2.31 bits per heavy atom. The molecule has 0 aliphatic heterocycles. The number of carbonyl (C=O) groups excluding carboxylic acids is 1. The third kappa shape index (κ3) is 2.52. The van der Waals surface area contributed by atoms with E-state index in [0.717, 1.165) is 0 Å². The van der Waals surface area contributed by atoms with Gasteiger partial charge in [-0.15, -0.1) is 0 Å². The smallest absolute Gasteiger partial charge is 0.271 e. The second-order valence-corrected chi connectivity index (χ2v) is 3.80. The quantitative estimate of drug-likeness (QED) is 0.761. The summed E-state index contributed by atoms with van der Waals surface area (Å²) in [4.78, 5) is 11.9. The molecule has 0 saturated carbocycles. The minimum absolute atomic E-state index is 0.0629. The molecule has 1 aromatic rings. The Bertz CT molecular complexity index is 386. The van der Waals surface area contributed by atoms with Crippen LogP contribution in [0.2, 0.25) is 0 Å². The fourth-order valence-corrected chi connectivity index (χ4v) is 1.53. The SMILES string of the molecule is COCC(C)NC(=O)c1c(N)c(C)nn1C. The first kappa shape index (κ1) is 12.5. The molecule has 1 rings (SSSR count). The highest BCUT2D eigenvalue weighted by atomic mass is 16.5. The van der Waals surface area contributed by atoms with Crippen LogP contribution in [-0.4, -0.2) is 35.4 Å². The van der Waals surface area contributed by atoms with E-state index in [1.54, 1.807) is 21.1 Å². The molecular formula is C10H18N4O2. The average molecular weight is 226 g/mol. The van der Waals surface area contributed by atoms with Gasteiger partial charge >= 0.3 is 0 Å². The first-order chi connectivity index (χ1) is 7.47. The van der Waals surface area contributed by atoms with Gasteiger partial charge in [0.05, 0.1) is 18.0 Å². The second kappa shape index (κ2) is 4.98. The number of nitrogen functional groups attached to an aromatic ring is 1. The summed E-state index contributed by atoms with van der Waals surface area (Å²) in [6, 6.07) is -0.0629. The van der Waals surface area contributed by atoms with Crippen molar-refractivity contribution in [2.24, 2.45) is 7.05 Å². The van der Waals surface area contributed by atoms with Crippen LogP contribution in [0.15, 0.2) is 0 Å². The van der Waals surface area contributed by atoms with E-state index in [1.165, 1.54) is 4.68 Å². The van der Waals surface area contributed by atoms with E-state index in [2.05, 4.69) is 10.4 Å². The summed E-state index contributed by atoms with van der Waals surface area (Å²) in [6.07, 6.45) is 0. The number of carbonyl (C=O) groups is 1. The summed E-state index contributed by atoms with van der Waals surface area (Å²) < 4.78 is 6.42. The molecule has 6 heteroatoms. The number of anilines is 1. The van der Waals surface area contributed by atoms with Crippen molar-refractivity contribution in [2.75, 3.05) is 19.5 Å². The maximum Gasteiger partial charge on any atom is 0.271 e. The van der Waals surface area contributed by atoms with Crippen LogP contribution in [0.4, 0.5) is 5.69 Å². The Labute approximate surface area is 94.8 Å². The molecular weight excluding hydrogens is 208 g/mol. The molecule has 1 atom stereocenters. The Morgan fingerprint density at radius 1 is 1.69 bits per heavy atom. The summed E-state index contributed by atoms with van der Waals surface area (Å²) in [5.74, 6) is -0.231. The highest BCUT2D eigenvalue weighted by Crippen LogP contribution is 2.14. The predicted molar refractivity (Wildman–Crippen MR) is 61.2 cm³/mol. The molecule has 6 nitrogen and oxygen atoms in total. The van der Waals surface area contributed by atoms with Gasteiger partial charge in [0.25, 0.3) is 5.91 Å². The van der Waals surface area contributed by atoms with E-state index in [4.69, 9.17) is 10.5 Å². The van der Waals surface area contributed by atoms with E-state index in [0.29, 0.717) is 23.7 Å². The van der Waals surface area contributed by atoms with Gasteiger partial charge in [-0.25, -0.2) is 0 Å². The number of hydrogen-bond acceptors (Lipinski definition) is 4. The second-order valence-electron chi connectivity index (χ2n) is 3.80. The lowest BCUT2D eigenvalue weighted by molar-refractivity contribution is 0.0897. The van der Waals surface area contributed by atoms with Gasteiger partial charge in [0.15, 0.2) is 0 Å². The largest absolute Gasteiger partial charge is 0.395 e. The number of nitrogens with zero attached hydrogens (tertiary/aromatic N) is 2. The molecule has 3 N–H and O–H groups in total. The molecule has 0 aromatic carbocycles. The average Bonchev–Trinajstić information content (AvgIpc) is 2.41. The number of nitrogens with one attached hydrogen (secondary N) is 1. The monoisotopic (exact) mass is 226 g/mol. The number of hydrogen-bond donors (Lipinski definition) is 2. The van der Waals surface area contributed by atoms with E-state index in [-0.39, 0.29) is 11.9 Å². The molecule has 0 aliphatic carbocycles. The zero-order valence-corrected chi connectivity index (χ0v) is 10.1. The Balaban J connectivity index is 2.80. The lowest BCUT2D eigenvalue weighted by atomic mass is 10.2. The van der Waals surface area contributed by atoms with Crippen LogP contribution in [0.1, 0.15) is 23.1 Å². The minimum atomic E-state index is -0.231. The Kier molecular flexibility index (Phi) is 3.89. The normalized spacial score (nSPS) is 12.5. The van der Waals surface area contributed by atoms with Gasteiger partial charge in [-0.3, -0.25) is 9.48 Å². The van der Waals surface area contributed by atoms with Crippen molar-refractivity contribution in [3.63, 3.8) is 0 Å². The van der Waals surface area contributed by atoms with Gasteiger partial charge in [-0.05, 0) is 13.8 Å². The van der Waals surface area contributed by atoms with Crippen LogP contribution in [0.5, 0.6) is 0 Å². The first-order valence-corrected chi connectivity index (χ1v) is 5.06. The highest BCUT2D eigenvalue weighted by molar-refractivity contribution is 5.98. The van der Waals surface area contributed by atoms with Gasteiger partial charge < -0.3 is 15.8 Å². The van der Waals surface area contributed by atoms with Crippen molar-refractivity contribution in [1.82, 2.24) is 15.1 Å². The zero-order valence-electron chi connectivity index (χ0n) is 10.1. The molecule has 0 fully saturated rings. The van der Waals surface area contributed by atoms with Crippen LogP contribution in [-0.2, 0) is 11.8 Å². The molecule has 0 spiro atoms. The number of aryl methyl sites for hydroxylation is 2. The van der Waals surface area contributed by atoms with E-state index in [1.807, 2.05) is 6.92 Å². The fraction of sp³-hybridized carbons (Fsp3) is 0.600. The summed E-state index contributed by atoms with van der Waals surface area (Å²) in [5, 5.41) is 6.87. The van der Waals surface area contributed by atoms with E-state index in [9.17, 15) is 4.79 Å². The van der Waals surface area contributed by atoms with Crippen molar-refractivity contribution in [3.05, 3.63) is 11.4 Å². The number of amides is 1. The number of methoxy groups -OCH3 is 1. The number of aromatic nitrogens is 2. The molecule has 16 heavy (non-hydrogen) atoms. The topological polar surface area (TPSA) is 82.2 Å². The van der Waals surface area contributed by atoms with Crippen molar-refractivity contribution in [2.45, 2.75) is 19.9 Å². The van der Waals surface area contributed by atoms with Gasteiger partial charge in [0.2, 0.25) is 0 Å². The van der Waals surface area contributed by atoms with Gasteiger partial charge in [-0.2, -0.15) is 5.10 Å². The third-order valence-corrected chi connectivity index (χ3v) is 2.28. The van der Waals surface area contributed by atoms with E-state index >= 15 is 0 Å². The number of ether oxygens (including phenoxy) is 1. The summed E-state index contributed by atoms with van der Waals surface area (Å²) in [5.41, 5.74) is 7.25. The highest BCUT2D eigenvalue weighted by Gasteiger charge is 2.19. The maximum absolute atomic E-state index is 11.9. The van der Waals surface area contributed by atoms with Crippen LogP contribution in [0.25, 0.3) is 0 Å². The predicted octanol–water partition coefficient (Wildman–Crippen LogP) is 0.0754. The van der Waals surface area contributed by atoms with Gasteiger partial charge in [-0.1, -0.05) is 0 Å². The molecule has 0 saturated heterocycles. The van der Waals surface area contributed by atoms with Gasteiger partial charge in [0.1, 0.15) is 5.69 Å². The zero-order chi connectivity index (χ0) is 12.3. The summed E-state index contributed by atoms with van der Waals surface area (Å²) in [6.45, 7) is 4.09. The Morgan fingerprint density at radius 3 is 2.75 bits per heavy atom. The lowest BCUT2D eigenvalue weighted by Gasteiger charge is -2.12. The molecule has 1 unspecified atom stereocenters. The molecule has 1 heterocycles. The summed E-state index contributed by atoms with van der Waals surface area (Å²) in [7, 11) is 3.28. The van der Waals surface area contributed by atoms with Crippen LogP contribution >= 0.6 is 0 Å². The van der Waals surface area contributed by atoms with Crippen molar-refractivity contribution >= 4 is 11.6 Å². The van der Waals surface area contributed by atoms with Crippen LogP contribution < -0.4 is 11.1 Å². The molecule has 0 radical (unpaired) electrons. The summed E-state index contributed by atoms with van der Waals surface area (Å²) >= 11 is 0. The number of rotatable bonds is 4. The molecule has 0 bridgehead atoms. The Hall–Kier alpha value is -1.56. The number of nitrogens with two attached hydrogens (primary N) is 1. The molecule has 0 aliphatic rings. The first-order valence-electron chi connectivity index (χ1n) is 5.06. The van der Waals surface area contributed by atoms with Crippen LogP contribution in [0, 0.1) is 6.92 Å².